The number of ether oxygens (including phenoxy) is 1. The van der Waals surface area contributed by atoms with E-state index in [1.165, 1.54) is 11.1 Å². The summed E-state index contributed by atoms with van der Waals surface area (Å²) in [6, 6.07) is 16.9. The number of methoxy groups -OCH3 is 1. The Bertz CT molecular complexity index is 539. The van der Waals surface area contributed by atoms with E-state index in [-0.39, 0.29) is 0 Å². The van der Waals surface area contributed by atoms with Crippen molar-refractivity contribution in [3.63, 3.8) is 0 Å². The SMILES string of the molecule is COc1ccc(C[C@H](C)[NH2+]Cc2cccc(Cl)c2)cc1. The van der Waals surface area contributed by atoms with E-state index in [1.54, 1.807) is 7.11 Å². The van der Waals surface area contributed by atoms with Crippen LogP contribution in [0.15, 0.2) is 48.5 Å². The molecule has 106 valence electrons. The van der Waals surface area contributed by atoms with Crippen LogP contribution in [0.5, 0.6) is 5.75 Å². The van der Waals surface area contributed by atoms with E-state index in [0.29, 0.717) is 6.04 Å². The molecule has 0 aliphatic rings. The van der Waals surface area contributed by atoms with Crippen molar-refractivity contribution < 1.29 is 10.1 Å². The first-order valence-corrected chi connectivity index (χ1v) is 7.26. The molecule has 3 heteroatoms. The van der Waals surface area contributed by atoms with Gasteiger partial charge in [-0.1, -0.05) is 35.9 Å². The lowest BCUT2D eigenvalue weighted by atomic mass is 10.1. The fourth-order valence-electron chi connectivity index (χ4n) is 2.22. The maximum absolute atomic E-state index is 5.99. The molecule has 0 heterocycles. The van der Waals surface area contributed by atoms with Crippen molar-refractivity contribution in [2.45, 2.75) is 25.9 Å². The Morgan fingerprint density at radius 1 is 1.10 bits per heavy atom. The average molecular weight is 291 g/mol. The van der Waals surface area contributed by atoms with Crippen LogP contribution in [0.25, 0.3) is 0 Å². The standard InChI is InChI=1S/C17H20ClNO/c1-13(10-14-6-8-17(20-2)9-7-14)19-12-15-4-3-5-16(18)11-15/h3-9,11,13,19H,10,12H2,1-2H3/p+1/t13-/m0/s1. The second-order valence-corrected chi connectivity index (χ2v) is 5.54. The van der Waals surface area contributed by atoms with Gasteiger partial charge in [0.15, 0.2) is 0 Å². The molecule has 0 saturated heterocycles. The summed E-state index contributed by atoms with van der Waals surface area (Å²) in [5.74, 6) is 0.907. The van der Waals surface area contributed by atoms with E-state index < -0.39 is 0 Å². The molecule has 0 saturated carbocycles. The van der Waals surface area contributed by atoms with Crippen LogP contribution < -0.4 is 10.1 Å². The summed E-state index contributed by atoms with van der Waals surface area (Å²) in [4.78, 5) is 0. The third-order valence-corrected chi connectivity index (χ3v) is 3.60. The zero-order valence-electron chi connectivity index (χ0n) is 12.0. The minimum atomic E-state index is 0.530. The number of hydrogen-bond donors (Lipinski definition) is 1. The highest BCUT2D eigenvalue weighted by atomic mass is 35.5. The summed E-state index contributed by atoms with van der Waals surface area (Å²) < 4.78 is 5.17. The molecule has 2 nitrogen and oxygen atoms in total. The Balaban J connectivity index is 1.84. The van der Waals surface area contributed by atoms with Crippen molar-refractivity contribution in [2.75, 3.05) is 7.11 Å². The van der Waals surface area contributed by atoms with Crippen molar-refractivity contribution in [3.05, 3.63) is 64.7 Å². The summed E-state index contributed by atoms with van der Waals surface area (Å²) in [6.07, 6.45) is 1.05. The molecule has 0 radical (unpaired) electrons. The van der Waals surface area contributed by atoms with Crippen LogP contribution >= 0.6 is 11.6 Å². The van der Waals surface area contributed by atoms with Gasteiger partial charge in [0, 0.05) is 17.0 Å². The fourth-order valence-corrected chi connectivity index (χ4v) is 2.43. The van der Waals surface area contributed by atoms with Crippen molar-refractivity contribution in [1.82, 2.24) is 0 Å². The van der Waals surface area contributed by atoms with E-state index in [1.807, 2.05) is 30.3 Å². The Morgan fingerprint density at radius 2 is 1.85 bits per heavy atom. The van der Waals surface area contributed by atoms with E-state index >= 15 is 0 Å². The molecule has 0 aliphatic heterocycles. The number of benzene rings is 2. The van der Waals surface area contributed by atoms with Crippen molar-refractivity contribution in [1.29, 1.82) is 0 Å². The molecule has 0 bridgehead atoms. The van der Waals surface area contributed by atoms with Crippen molar-refractivity contribution in [2.24, 2.45) is 0 Å². The third-order valence-electron chi connectivity index (χ3n) is 3.36. The molecule has 2 aromatic rings. The molecular weight excluding hydrogens is 270 g/mol. The summed E-state index contributed by atoms with van der Waals surface area (Å²) in [7, 11) is 1.69. The van der Waals surface area contributed by atoms with Crippen LogP contribution in [0, 0.1) is 0 Å². The molecule has 0 aromatic heterocycles. The molecule has 2 aromatic carbocycles. The highest BCUT2D eigenvalue weighted by molar-refractivity contribution is 6.30. The molecular formula is C17H21ClNO+. The molecule has 0 unspecified atom stereocenters. The van der Waals surface area contributed by atoms with Crippen molar-refractivity contribution in [3.8, 4) is 5.75 Å². The maximum Gasteiger partial charge on any atom is 0.118 e. The van der Waals surface area contributed by atoms with Gasteiger partial charge < -0.3 is 10.1 Å². The summed E-state index contributed by atoms with van der Waals surface area (Å²) in [6.45, 7) is 3.20. The van der Waals surface area contributed by atoms with E-state index in [2.05, 4.69) is 30.4 Å². The van der Waals surface area contributed by atoms with Crippen LogP contribution in [0.4, 0.5) is 0 Å². The van der Waals surface area contributed by atoms with E-state index in [9.17, 15) is 0 Å². The van der Waals surface area contributed by atoms with Gasteiger partial charge in [0.25, 0.3) is 0 Å². The molecule has 0 amide bonds. The molecule has 0 aliphatic carbocycles. The fraction of sp³-hybridized carbons (Fsp3) is 0.294. The highest BCUT2D eigenvalue weighted by Crippen LogP contribution is 2.12. The molecule has 2 rings (SSSR count). The van der Waals surface area contributed by atoms with Gasteiger partial charge in [0.1, 0.15) is 12.3 Å². The summed E-state index contributed by atoms with van der Waals surface area (Å²) >= 11 is 5.99. The average Bonchev–Trinajstić information content (AvgIpc) is 2.46. The van der Waals surface area contributed by atoms with Gasteiger partial charge in [-0.05, 0) is 36.8 Å². The first kappa shape index (κ1) is 14.9. The lowest BCUT2D eigenvalue weighted by Gasteiger charge is -2.11. The minimum Gasteiger partial charge on any atom is -0.497 e. The van der Waals surface area contributed by atoms with Crippen LogP contribution in [0.1, 0.15) is 18.1 Å². The van der Waals surface area contributed by atoms with Gasteiger partial charge in [-0.15, -0.1) is 0 Å². The predicted octanol–water partition coefficient (Wildman–Crippen LogP) is 3.04. The monoisotopic (exact) mass is 290 g/mol. The Labute approximate surface area is 125 Å². The molecule has 1 atom stereocenters. The Hall–Kier alpha value is -1.51. The second kappa shape index (κ2) is 7.32. The highest BCUT2D eigenvalue weighted by Gasteiger charge is 2.07. The molecule has 20 heavy (non-hydrogen) atoms. The van der Waals surface area contributed by atoms with Gasteiger partial charge in [0.05, 0.1) is 13.2 Å². The van der Waals surface area contributed by atoms with E-state index in [0.717, 1.165) is 23.7 Å². The first-order valence-electron chi connectivity index (χ1n) is 6.88. The van der Waals surface area contributed by atoms with Gasteiger partial charge in [0.2, 0.25) is 0 Å². The summed E-state index contributed by atoms with van der Waals surface area (Å²) in [5, 5.41) is 3.15. The Morgan fingerprint density at radius 3 is 2.50 bits per heavy atom. The number of quaternary nitrogens is 1. The number of rotatable bonds is 6. The lowest BCUT2D eigenvalue weighted by molar-refractivity contribution is -0.701. The molecule has 0 spiro atoms. The van der Waals surface area contributed by atoms with Crippen LogP contribution in [-0.4, -0.2) is 13.2 Å². The minimum absolute atomic E-state index is 0.530. The van der Waals surface area contributed by atoms with Crippen LogP contribution in [0.2, 0.25) is 5.02 Å². The number of nitrogens with two attached hydrogens (primary N) is 1. The Kier molecular flexibility index (Phi) is 5.45. The van der Waals surface area contributed by atoms with Gasteiger partial charge in [-0.25, -0.2) is 0 Å². The first-order chi connectivity index (χ1) is 9.67. The lowest BCUT2D eigenvalue weighted by Crippen LogP contribution is -2.88. The topological polar surface area (TPSA) is 25.8 Å². The predicted molar refractivity (Wildman–Crippen MR) is 83.2 cm³/mol. The van der Waals surface area contributed by atoms with Crippen molar-refractivity contribution >= 4 is 11.6 Å². The van der Waals surface area contributed by atoms with Crippen LogP contribution in [-0.2, 0) is 13.0 Å². The van der Waals surface area contributed by atoms with Crippen LogP contribution in [0.3, 0.4) is 0 Å². The molecule has 2 N–H and O–H groups in total. The summed E-state index contributed by atoms with van der Waals surface area (Å²) in [5.41, 5.74) is 2.60. The third kappa shape index (κ3) is 4.55. The smallest absolute Gasteiger partial charge is 0.118 e. The zero-order valence-corrected chi connectivity index (χ0v) is 12.7. The van der Waals surface area contributed by atoms with E-state index in [4.69, 9.17) is 16.3 Å². The van der Waals surface area contributed by atoms with Gasteiger partial charge in [-0.2, -0.15) is 0 Å². The quantitative estimate of drug-likeness (QED) is 0.869. The molecule has 0 fully saturated rings. The van der Waals surface area contributed by atoms with Gasteiger partial charge >= 0.3 is 0 Å². The zero-order chi connectivity index (χ0) is 14.4. The number of halogens is 1. The number of hydrogen-bond acceptors (Lipinski definition) is 1. The maximum atomic E-state index is 5.99. The second-order valence-electron chi connectivity index (χ2n) is 5.10. The normalized spacial score (nSPS) is 12.2. The van der Waals surface area contributed by atoms with Gasteiger partial charge in [-0.3, -0.25) is 0 Å². The largest absolute Gasteiger partial charge is 0.497 e.